The van der Waals surface area contributed by atoms with Crippen LogP contribution in [-0.2, 0) is 15.8 Å². The van der Waals surface area contributed by atoms with Crippen molar-refractivity contribution in [3.05, 3.63) is 59.7 Å². The Morgan fingerprint density at radius 1 is 1.27 bits per heavy atom. The molecule has 1 aromatic heterocycles. The molecule has 0 saturated carbocycles. The van der Waals surface area contributed by atoms with Crippen molar-refractivity contribution in [2.45, 2.75) is 5.75 Å². The zero-order valence-corrected chi connectivity index (χ0v) is 12.5. The minimum atomic E-state index is -3.73. The van der Waals surface area contributed by atoms with Gasteiger partial charge in [0.2, 0.25) is 10.0 Å². The van der Waals surface area contributed by atoms with Crippen LogP contribution >= 0.6 is 0 Å². The lowest BCUT2D eigenvalue weighted by molar-refractivity contribution is 0.0958. The molecule has 2 aromatic rings. The maximum Gasteiger partial charge on any atom is 0.269 e. The van der Waals surface area contributed by atoms with E-state index in [1.54, 1.807) is 0 Å². The van der Waals surface area contributed by atoms with Crippen LogP contribution in [0.15, 0.2) is 42.6 Å². The summed E-state index contributed by atoms with van der Waals surface area (Å²) in [6.45, 7) is 0. The summed E-state index contributed by atoms with van der Waals surface area (Å²) in [5, 5.41) is 2.40. The Hall–Kier alpha value is -2.48. The number of pyridine rings is 1. The first-order valence-corrected chi connectivity index (χ1v) is 7.98. The number of carbonyl (C=O) groups excluding carboxylic acids is 1. The molecule has 0 bridgehead atoms. The van der Waals surface area contributed by atoms with Crippen LogP contribution in [0.3, 0.4) is 0 Å². The largest absolute Gasteiger partial charge is 0.354 e. The van der Waals surface area contributed by atoms with Gasteiger partial charge in [0.1, 0.15) is 11.5 Å². The Bertz CT molecular complexity index is 793. The second-order valence-corrected chi connectivity index (χ2v) is 6.22. The van der Waals surface area contributed by atoms with Crippen LogP contribution in [-0.4, -0.2) is 26.4 Å². The average molecular weight is 323 g/mol. The molecular formula is C14H14FN3O3S. The molecule has 0 aliphatic carbocycles. The van der Waals surface area contributed by atoms with Crippen LogP contribution in [0.5, 0.6) is 0 Å². The van der Waals surface area contributed by atoms with Crippen molar-refractivity contribution in [3.63, 3.8) is 0 Å². The average Bonchev–Trinajstić information content (AvgIpc) is 2.45. The molecule has 22 heavy (non-hydrogen) atoms. The molecule has 0 aliphatic rings. The molecule has 1 amide bonds. The third-order valence-corrected chi connectivity index (χ3v) is 4.00. The molecule has 1 aromatic carbocycles. The predicted octanol–water partition coefficient (Wildman–Crippen LogP) is 1.52. The van der Waals surface area contributed by atoms with E-state index >= 15 is 0 Å². The van der Waals surface area contributed by atoms with Crippen LogP contribution in [0.4, 0.5) is 10.1 Å². The van der Waals surface area contributed by atoms with Crippen molar-refractivity contribution < 1.29 is 17.6 Å². The Morgan fingerprint density at radius 3 is 2.73 bits per heavy atom. The molecule has 116 valence electrons. The third-order valence-electron chi connectivity index (χ3n) is 2.74. The fraction of sp³-hybridized carbons (Fsp3) is 0.143. The lowest BCUT2D eigenvalue weighted by Crippen LogP contribution is -2.20. The minimum Gasteiger partial charge on any atom is -0.354 e. The molecule has 6 nitrogen and oxygen atoms in total. The van der Waals surface area contributed by atoms with Crippen molar-refractivity contribution >= 4 is 21.6 Å². The van der Waals surface area contributed by atoms with Gasteiger partial charge in [-0.15, -0.1) is 0 Å². The first-order valence-electron chi connectivity index (χ1n) is 6.33. The number of rotatable bonds is 5. The summed E-state index contributed by atoms with van der Waals surface area (Å²) < 4.78 is 39.6. The molecule has 2 N–H and O–H groups in total. The molecule has 0 atom stereocenters. The Morgan fingerprint density at radius 2 is 2.05 bits per heavy atom. The lowest BCUT2D eigenvalue weighted by Gasteiger charge is -2.09. The Labute approximate surface area is 127 Å². The van der Waals surface area contributed by atoms with E-state index in [0.29, 0.717) is 5.56 Å². The summed E-state index contributed by atoms with van der Waals surface area (Å²) in [5.74, 6) is -1.30. The zero-order chi connectivity index (χ0) is 16.2. The molecule has 0 saturated heterocycles. The lowest BCUT2D eigenvalue weighted by atomic mass is 10.2. The number of hydrogen-bond acceptors (Lipinski definition) is 4. The number of sulfonamides is 1. The van der Waals surface area contributed by atoms with E-state index in [0.717, 1.165) is 6.07 Å². The van der Waals surface area contributed by atoms with Gasteiger partial charge in [-0.25, -0.2) is 12.8 Å². The van der Waals surface area contributed by atoms with Crippen LogP contribution in [0.1, 0.15) is 16.1 Å². The van der Waals surface area contributed by atoms with E-state index in [1.165, 1.54) is 43.6 Å². The number of carbonyl (C=O) groups is 1. The monoisotopic (exact) mass is 323 g/mol. The summed E-state index contributed by atoms with van der Waals surface area (Å²) in [4.78, 5) is 15.3. The van der Waals surface area contributed by atoms with E-state index in [-0.39, 0.29) is 17.1 Å². The van der Waals surface area contributed by atoms with Crippen LogP contribution < -0.4 is 10.0 Å². The Kier molecular flexibility index (Phi) is 4.71. The zero-order valence-electron chi connectivity index (χ0n) is 11.7. The highest BCUT2D eigenvalue weighted by molar-refractivity contribution is 7.91. The van der Waals surface area contributed by atoms with E-state index < -0.39 is 21.7 Å². The minimum absolute atomic E-state index is 0.0912. The molecule has 0 spiro atoms. The van der Waals surface area contributed by atoms with Crippen molar-refractivity contribution in [1.82, 2.24) is 10.3 Å². The van der Waals surface area contributed by atoms with E-state index in [2.05, 4.69) is 15.0 Å². The number of benzene rings is 1. The number of hydrogen-bond donors (Lipinski definition) is 2. The molecule has 0 aliphatic heterocycles. The van der Waals surface area contributed by atoms with Gasteiger partial charge in [-0.2, -0.15) is 0 Å². The SMILES string of the molecule is CNC(=O)c1cc(NS(=O)(=O)Cc2cccc(F)c2)ccn1. The van der Waals surface area contributed by atoms with Gasteiger partial charge in [-0.1, -0.05) is 12.1 Å². The molecule has 0 unspecified atom stereocenters. The standard InChI is InChI=1S/C14H14FN3O3S/c1-16-14(19)13-8-12(5-6-17-13)18-22(20,21)9-10-3-2-4-11(15)7-10/h2-8H,9H2,1H3,(H,16,19)(H,17,18). The molecule has 0 fully saturated rings. The predicted molar refractivity (Wildman–Crippen MR) is 80.3 cm³/mol. The molecule has 0 radical (unpaired) electrons. The first-order chi connectivity index (χ1) is 10.4. The van der Waals surface area contributed by atoms with Gasteiger partial charge in [0.25, 0.3) is 5.91 Å². The smallest absolute Gasteiger partial charge is 0.269 e. The van der Waals surface area contributed by atoms with E-state index in [1.807, 2.05) is 0 Å². The topological polar surface area (TPSA) is 88.2 Å². The van der Waals surface area contributed by atoms with Crippen molar-refractivity contribution in [2.24, 2.45) is 0 Å². The highest BCUT2D eigenvalue weighted by atomic mass is 32.2. The number of amides is 1. The quantitative estimate of drug-likeness (QED) is 0.873. The number of nitrogens with zero attached hydrogens (tertiary/aromatic N) is 1. The maximum atomic E-state index is 13.1. The second-order valence-electron chi connectivity index (χ2n) is 4.50. The van der Waals surface area contributed by atoms with E-state index in [4.69, 9.17) is 0 Å². The third kappa shape index (κ3) is 4.26. The molecule has 2 rings (SSSR count). The number of anilines is 1. The summed E-state index contributed by atoms with van der Waals surface area (Å²) in [6.07, 6.45) is 1.32. The highest BCUT2D eigenvalue weighted by Gasteiger charge is 2.14. The van der Waals surface area contributed by atoms with E-state index in [9.17, 15) is 17.6 Å². The summed E-state index contributed by atoms with van der Waals surface area (Å²) in [5.41, 5.74) is 0.631. The van der Waals surface area contributed by atoms with Crippen molar-refractivity contribution in [1.29, 1.82) is 0 Å². The fourth-order valence-electron chi connectivity index (χ4n) is 1.81. The summed E-state index contributed by atoms with van der Waals surface area (Å²) in [6, 6.07) is 8.10. The van der Waals surface area contributed by atoms with Gasteiger partial charge < -0.3 is 5.32 Å². The maximum absolute atomic E-state index is 13.1. The molecule has 8 heteroatoms. The normalized spacial score (nSPS) is 11.0. The van der Waals surface area contributed by atoms with Gasteiger partial charge >= 0.3 is 0 Å². The van der Waals surface area contributed by atoms with Crippen molar-refractivity contribution in [3.8, 4) is 0 Å². The van der Waals surface area contributed by atoms with Crippen LogP contribution in [0.25, 0.3) is 0 Å². The highest BCUT2D eigenvalue weighted by Crippen LogP contribution is 2.14. The molecule has 1 heterocycles. The number of nitrogens with one attached hydrogen (secondary N) is 2. The fourth-order valence-corrected chi connectivity index (χ4v) is 2.98. The molecular weight excluding hydrogens is 309 g/mol. The van der Waals surface area contributed by atoms with Crippen molar-refractivity contribution in [2.75, 3.05) is 11.8 Å². The van der Waals surface area contributed by atoms with Gasteiger partial charge in [-0.3, -0.25) is 14.5 Å². The van der Waals surface area contributed by atoms with Gasteiger partial charge in [0.15, 0.2) is 0 Å². The second kappa shape index (κ2) is 6.52. The Balaban J connectivity index is 2.17. The van der Waals surface area contributed by atoms with Crippen LogP contribution in [0.2, 0.25) is 0 Å². The summed E-state index contributed by atoms with van der Waals surface area (Å²) >= 11 is 0. The number of aromatic nitrogens is 1. The summed E-state index contributed by atoms with van der Waals surface area (Å²) in [7, 11) is -2.28. The van der Waals surface area contributed by atoms with Gasteiger partial charge in [-0.05, 0) is 29.8 Å². The first kappa shape index (κ1) is 15.9. The van der Waals surface area contributed by atoms with Crippen LogP contribution in [0, 0.1) is 5.82 Å². The number of halogens is 1. The van der Waals surface area contributed by atoms with Gasteiger partial charge in [0.05, 0.1) is 11.4 Å². The van der Waals surface area contributed by atoms with Gasteiger partial charge in [0, 0.05) is 13.2 Å².